The summed E-state index contributed by atoms with van der Waals surface area (Å²) in [7, 11) is 4.91. The van der Waals surface area contributed by atoms with Gasteiger partial charge in [0.25, 0.3) is 11.8 Å². The SMILES string of the molecule is COc1ccc(/C=C2\Sc3ccc(C(=O)NC4CCCc5ccccc54)cc3N(C)C2=O)cc1OC. The van der Waals surface area contributed by atoms with Gasteiger partial charge in [0, 0.05) is 17.5 Å². The van der Waals surface area contributed by atoms with Crippen LogP contribution in [0.3, 0.4) is 0 Å². The molecule has 1 unspecified atom stereocenters. The maximum atomic E-state index is 13.2. The minimum Gasteiger partial charge on any atom is -0.493 e. The molecule has 2 amide bonds. The summed E-state index contributed by atoms with van der Waals surface area (Å²) < 4.78 is 10.7. The second kappa shape index (κ2) is 10.1. The molecule has 184 valence electrons. The summed E-state index contributed by atoms with van der Waals surface area (Å²) in [6.07, 6.45) is 4.86. The summed E-state index contributed by atoms with van der Waals surface area (Å²) in [6, 6.07) is 19.4. The largest absolute Gasteiger partial charge is 0.493 e. The highest BCUT2D eigenvalue weighted by Crippen LogP contribution is 2.42. The van der Waals surface area contributed by atoms with Gasteiger partial charge in [-0.25, -0.2) is 0 Å². The molecule has 7 heteroatoms. The van der Waals surface area contributed by atoms with E-state index in [0.717, 1.165) is 35.4 Å². The summed E-state index contributed by atoms with van der Waals surface area (Å²) in [5.74, 6) is 0.982. The van der Waals surface area contributed by atoms with E-state index in [1.807, 2.05) is 48.5 Å². The fraction of sp³-hybridized carbons (Fsp3) is 0.241. The lowest BCUT2D eigenvalue weighted by molar-refractivity contribution is -0.114. The lowest BCUT2D eigenvalue weighted by atomic mass is 9.87. The van der Waals surface area contributed by atoms with Gasteiger partial charge in [-0.3, -0.25) is 9.59 Å². The van der Waals surface area contributed by atoms with E-state index in [4.69, 9.17) is 9.47 Å². The van der Waals surface area contributed by atoms with Crippen LogP contribution in [0.4, 0.5) is 5.69 Å². The summed E-state index contributed by atoms with van der Waals surface area (Å²) in [5.41, 5.74) is 4.61. The molecular formula is C29H28N2O4S. The van der Waals surface area contributed by atoms with Gasteiger partial charge < -0.3 is 19.7 Å². The van der Waals surface area contributed by atoms with Crippen molar-refractivity contribution in [2.45, 2.75) is 30.2 Å². The van der Waals surface area contributed by atoms with Gasteiger partial charge in [-0.1, -0.05) is 42.1 Å². The lowest BCUT2D eigenvalue weighted by Crippen LogP contribution is -2.32. The molecule has 3 aromatic carbocycles. The summed E-state index contributed by atoms with van der Waals surface area (Å²) in [4.78, 5) is 29.5. The van der Waals surface area contributed by atoms with Crippen LogP contribution in [-0.4, -0.2) is 33.1 Å². The number of nitrogens with one attached hydrogen (secondary N) is 1. The topological polar surface area (TPSA) is 67.9 Å². The molecule has 0 radical (unpaired) electrons. The number of amides is 2. The van der Waals surface area contributed by atoms with Crippen LogP contribution in [0, 0.1) is 0 Å². The second-order valence-electron chi connectivity index (χ2n) is 8.89. The standard InChI is InChI=1S/C29H28N2O4S/c1-31-23-17-20(28(32)30-22-10-6-8-19-7-4-5-9-21(19)22)12-14-26(23)36-27(29(31)33)16-18-11-13-24(34-2)25(15-18)35-3/h4-5,7,9,11-17,22H,6,8,10H2,1-3H3,(H,30,32)/b27-16-. The highest BCUT2D eigenvalue weighted by molar-refractivity contribution is 8.04. The molecule has 0 saturated heterocycles. The third-order valence-corrected chi connectivity index (χ3v) is 7.78. The van der Waals surface area contributed by atoms with E-state index in [1.165, 1.54) is 22.9 Å². The van der Waals surface area contributed by atoms with E-state index in [-0.39, 0.29) is 17.9 Å². The van der Waals surface area contributed by atoms with E-state index in [0.29, 0.717) is 22.0 Å². The van der Waals surface area contributed by atoms with Crippen molar-refractivity contribution in [3.8, 4) is 11.5 Å². The third-order valence-electron chi connectivity index (χ3n) is 6.70. The molecule has 3 aromatic rings. The van der Waals surface area contributed by atoms with E-state index in [9.17, 15) is 9.59 Å². The number of carbonyl (C=O) groups is 2. The van der Waals surface area contributed by atoms with E-state index < -0.39 is 0 Å². The van der Waals surface area contributed by atoms with Crippen molar-refractivity contribution < 1.29 is 19.1 Å². The Morgan fingerprint density at radius 2 is 1.86 bits per heavy atom. The van der Waals surface area contributed by atoms with Crippen molar-refractivity contribution in [1.29, 1.82) is 0 Å². The molecule has 36 heavy (non-hydrogen) atoms. The molecule has 1 atom stereocenters. The molecule has 0 spiro atoms. The zero-order valence-electron chi connectivity index (χ0n) is 20.5. The molecule has 1 aliphatic carbocycles. The number of ether oxygens (including phenoxy) is 2. The number of thioether (sulfide) groups is 1. The normalized spacial score (nSPS) is 17.9. The second-order valence-corrected chi connectivity index (χ2v) is 9.97. The van der Waals surface area contributed by atoms with E-state index in [1.54, 1.807) is 32.2 Å². The quantitative estimate of drug-likeness (QED) is 0.461. The van der Waals surface area contributed by atoms with Gasteiger partial charge in [0.05, 0.1) is 30.9 Å². The molecule has 1 heterocycles. The van der Waals surface area contributed by atoms with Gasteiger partial charge in [0.15, 0.2) is 11.5 Å². The summed E-state index contributed by atoms with van der Waals surface area (Å²) in [6.45, 7) is 0. The molecule has 0 bridgehead atoms. The van der Waals surface area contributed by atoms with Crippen molar-refractivity contribution in [1.82, 2.24) is 5.32 Å². The van der Waals surface area contributed by atoms with E-state index in [2.05, 4.69) is 17.4 Å². The maximum absolute atomic E-state index is 13.2. The zero-order valence-corrected chi connectivity index (χ0v) is 21.4. The van der Waals surface area contributed by atoms with Crippen LogP contribution in [0.2, 0.25) is 0 Å². The predicted octanol–water partition coefficient (Wildman–Crippen LogP) is 5.62. The zero-order chi connectivity index (χ0) is 25.2. The van der Waals surface area contributed by atoms with Crippen molar-refractivity contribution in [3.63, 3.8) is 0 Å². The number of hydrogen-bond acceptors (Lipinski definition) is 5. The van der Waals surface area contributed by atoms with Crippen molar-refractivity contribution in [2.24, 2.45) is 0 Å². The minimum atomic E-state index is -0.128. The number of likely N-dealkylation sites (N-methyl/N-ethyl adjacent to an activating group) is 1. The van der Waals surface area contributed by atoms with Crippen LogP contribution < -0.4 is 19.7 Å². The number of aryl methyl sites for hydroxylation is 1. The van der Waals surface area contributed by atoms with Gasteiger partial charge in [0.1, 0.15) is 0 Å². The van der Waals surface area contributed by atoms with Gasteiger partial charge in [0.2, 0.25) is 0 Å². The first kappa shape index (κ1) is 24.0. The fourth-order valence-corrected chi connectivity index (χ4v) is 5.87. The summed E-state index contributed by atoms with van der Waals surface area (Å²) >= 11 is 1.40. The Balaban J connectivity index is 1.37. The third kappa shape index (κ3) is 4.58. The van der Waals surface area contributed by atoms with Crippen LogP contribution in [0.15, 0.2) is 70.5 Å². The number of carbonyl (C=O) groups excluding carboxylic acids is 2. The molecule has 6 nitrogen and oxygen atoms in total. The monoisotopic (exact) mass is 500 g/mol. The molecule has 1 N–H and O–H groups in total. The van der Waals surface area contributed by atoms with Crippen LogP contribution >= 0.6 is 11.8 Å². The lowest BCUT2D eigenvalue weighted by Gasteiger charge is -2.28. The molecule has 1 aliphatic heterocycles. The number of fused-ring (bicyclic) bond motifs is 2. The average Bonchev–Trinajstić information content (AvgIpc) is 2.91. The maximum Gasteiger partial charge on any atom is 0.264 e. The van der Waals surface area contributed by atoms with Crippen molar-refractivity contribution in [2.75, 3.05) is 26.2 Å². The molecular weight excluding hydrogens is 472 g/mol. The Bertz CT molecular complexity index is 1370. The van der Waals surface area contributed by atoms with Gasteiger partial charge in [-0.15, -0.1) is 0 Å². The Labute approximate surface area is 215 Å². The Morgan fingerprint density at radius 1 is 1.06 bits per heavy atom. The Hall–Kier alpha value is -3.71. The fourth-order valence-electron chi connectivity index (χ4n) is 4.77. The van der Waals surface area contributed by atoms with Crippen molar-refractivity contribution >= 4 is 35.3 Å². The van der Waals surface area contributed by atoms with Crippen LogP contribution in [0.25, 0.3) is 6.08 Å². The Kier molecular flexibility index (Phi) is 6.74. The van der Waals surface area contributed by atoms with Gasteiger partial charge in [-0.2, -0.15) is 0 Å². The number of methoxy groups -OCH3 is 2. The molecule has 2 aliphatic rings. The molecule has 5 rings (SSSR count). The minimum absolute atomic E-state index is 0.00300. The average molecular weight is 501 g/mol. The number of nitrogens with zero attached hydrogens (tertiary/aromatic N) is 1. The van der Waals surface area contributed by atoms with Crippen LogP contribution in [-0.2, 0) is 11.2 Å². The van der Waals surface area contributed by atoms with E-state index >= 15 is 0 Å². The van der Waals surface area contributed by atoms with Gasteiger partial charge >= 0.3 is 0 Å². The first-order chi connectivity index (χ1) is 17.5. The highest BCUT2D eigenvalue weighted by atomic mass is 32.2. The summed E-state index contributed by atoms with van der Waals surface area (Å²) in [5, 5.41) is 3.20. The number of anilines is 1. The molecule has 0 saturated carbocycles. The number of rotatable bonds is 5. The Morgan fingerprint density at radius 3 is 2.67 bits per heavy atom. The smallest absolute Gasteiger partial charge is 0.264 e. The van der Waals surface area contributed by atoms with Crippen molar-refractivity contribution in [3.05, 3.63) is 87.8 Å². The molecule has 0 aromatic heterocycles. The van der Waals surface area contributed by atoms with Crippen LogP contribution in [0.1, 0.15) is 45.9 Å². The predicted molar refractivity (Wildman–Crippen MR) is 143 cm³/mol. The van der Waals surface area contributed by atoms with Gasteiger partial charge in [-0.05, 0) is 72.4 Å². The number of benzene rings is 3. The first-order valence-corrected chi connectivity index (χ1v) is 12.7. The number of hydrogen-bond donors (Lipinski definition) is 1. The van der Waals surface area contributed by atoms with Crippen LogP contribution in [0.5, 0.6) is 11.5 Å². The molecule has 0 fully saturated rings. The highest BCUT2D eigenvalue weighted by Gasteiger charge is 2.28. The first-order valence-electron chi connectivity index (χ1n) is 11.9.